The highest BCUT2D eigenvalue weighted by Gasteiger charge is 2.32. The molecular formula is C17H23BrN2O. The standard InChI is InChI=1S/C17H23BrN2O/c18-12-17(21)20-11-8-16(13-20)19-9-6-15(7-10-19)14-4-2-1-3-5-14/h1-5,15-16H,6-13H2. The Kier molecular flexibility index (Phi) is 4.96. The van der Waals surface area contributed by atoms with E-state index < -0.39 is 0 Å². The van der Waals surface area contributed by atoms with Crippen LogP contribution in [0.2, 0.25) is 0 Å². The number of hydrogen-bond acceptors (Lipinski definition) is 2. The van der Waals surface area contributed by atoms with Crippen molar-refractivity contribution in [2.75, 3.05) is 31.5 Å². The molecule has 2 fully saturated rings. The van der Waals surface area contributed by atoms with Gasteiger partial charge in [-0.3, -0.25) is 9.69 Å². The van der Waals surface area contributed by atoms with E-state index in [1.165, 1.54) is 31.5 Å². The third-order valence-corrected chi connectivity index (χ3v) is 5.43. The predicted octanol–water partition coefficient (Wildman–Crippen LogP) is 2.86. The van der Waals surface area contributed by atoms with Gasteiger partial charge in [0.25, 0.3) is 0 Å². The van der Waals surface area contributed by atoms with Crippen LogP contribution >= 0.6 is 15.9 Å². The molecule has 3 nitrogen and oxygen atoms in total. The van der Waals surface area contributed by atoms with Crippen LogP contribution in [0.1, 0.15) is 30.7 Å². The molecule has 0 aliphatic carbocycles. The first-order chi connectivity index (χ1) is 10.3. The molecule has 0 saturated carbocycles. The number of alkyl halides is 1. The second-order valence-electron chi connectivity index (χ2n) is 6.14. The normalized spacial score (nSPS) is 24.4. The number of nitrogens with zero attached hydrogens (tertiary/aromatic N) is 2. The Labute approximate surface area is 135 Å². The lowest BCUT2D eigenvalue weighted by atomic mass is 9.89. The molecule has 3 rings (SSSR count). The molecule has 2 aliphatic rings. The van der Waals surface area contributed by atoms with E-state index in [2.05, 4.69) is 51.2 Å². The van der Waals surface area contributed by atoms with Crippen molar-refractivity contribution in [1.29, 1.82) is 0 Å². The maximum Gasteiger partial charge on any atom is 0.233 e. The van der Waals surface area contributed by atoms with Crippen molar-refractivity contribution in [2.24, 2.45) is 0 Å². The molecule has 2 heterocycles. The summed E-state index contributed by atoms with van der Waals surface area (Å²) in [4.78, 5) is 16.3. The summed E-state index contributed by atoms with van der Waals surface area (Å²) >= 11 is 3.27. The molecule has 0 bridgehead atoms. The molecule has 2 saturated heterocycles. The van der Waals surface area contributed by atoms with Crippen molar-refractivity contribution in [2.45, 2.75) is 31.2 Å². The molecule has 1 amide bonds. The van der Waals surface area contributed by atoms with Gasteiger partial charge in [-0.05, 0) is 43.8 Å². The molecule has 1 unspecified atom stereocenters. The van der Waals surface area contributed by atoms with Gasteiger partial charge in [0.1, 0.15) is 0 Å². The van der Waals surface area contributed by atoms with E-state index >= 15 is 0 Å². The number of amides is 1. The van der Waals surface area contributed by atoms with Gasteiger partial charge in [0.15, 0.2) is 0 Å². The zero-order valence-electron chi connectivity index (χ0n) is 12.4. The molecule has 21 heavy (non-hydrogen) atoms. The molecule has 0 N–H and O–H groups in total. The molecule has 1 atom stereocenters. The summed E-state index contributed by atoms with van der Waals surface area (Å²) in [6.07, 6.45) is 3.62. The number of rotatable bonds is 3. The van der Waals surface area contributed by atoms with Crippen LogP contribution in [-0.4, -0.2) is 53.3 Å². The van der Waals surface area contributed by atoms with Gasteiger partial charge in [-0.1, -0.05) is 46.3 Å². The summed E-state index contributed by atoms with van der Waals surface area (Å²) in [6.45, 7) is 4.18. The maximum absolute atomic E-state index is 11.7. The van der Waals surface area contributed by atoms with E-state index in [1.807, 2.05) is 4.90 Å². The lowest BCUT2D eigenvalue weighted by molar-refractivity contribution is -0.127. The SMILES string of the molecule is O=C(CBr)N1CCC(N2CCC(c3ccccc3)CC2)C1. The van der Waals surface area contributed by atoms with Crippen molar-refractivity contribution >= 4 is 21.8 Å². The summed E-state index contributed by atoms with van der Waals surface area (Å²) in [6, 6.07) is 11.5. The maximum atomic E-state index is 11.7. The number of carbonyl (C=O) groups is 1. The van der Waals surface area contributed by atoms with Crippen LogP contribution in [0.15, 0.2) is 30.3 Å². The molecule has 114 valence electrons. The van der Waals surface area contributed by atoms with Crippen LogP contribution in [-0.2, 0) is 4.79 Å². The van der Waals surface area contributed by atoms with Crippen molar-refractivity contribution in [1.82, 2.24) is 9.80 Å². The van der Waals surface area contributed by atoms with E-state index in [1.54, 1.807) is 0 Å². The monoisotopic (exact) mass is 350 g/mol. The molecule has 0 radical (unpaired) electrons. The van der Waals surface area contributed by atoms with E-state index in [0.717, 1.165) is 19.5 Å². The first-order valence-corrected chi connectivity index (χ1v) is 9.03. The van der Waals surface area contributed by atoms with Gasteiger partial charge in [-0.2, -0.15) is 0 Å². The van der Waals surface area contributed by atoms with Crippen LogP contribution in [0.4, 0.5) is 0 Å². The molecule has 0 spiro atoms. The fraction of sp³-hybridized carbons (Fsp3) is 0.588. The lowest BCUT2D eigenvalue weighted by Crippen LogP contribution is -2.43. The van der Waals surface area contributed by atoms with Gasteiger partial charge < -0.3 is 4.90 Å². The predicted molar refractivity (Wildman–Crippen MR) is 88.8 cm³/mol. The molecule has 4 heteroatoms. The van der Waals surface area contributed by atoms with Gasteiger partial charge in [0, 0.05) is 19.1 Å². The summed E-state index contributed by atoms with van der Waals surface area (Å²) in [5.74, 6) is 0.945. The lowest BCUT2D eigenvalue weighted by Gasteiger charge is -2.36. The fourth-order valence-corrected chi connectivity index (χ4v) is 4.03. The Hall–Kier alpha value is -0.870. The largest absolute Gasteiger partial charge is 0.340 e. The third kappa shape index (κ3) is 3.49. The van der Waals surface area contributed by atoms with Crippen LogP contribution < -0.4 is 0 Å². The molecule has 1 aromatic carbocycles. The number of benzene rings is 1. The van der Waals surface area contributed by atoms with Gasteiger partial charge in [-0.15, -0.1) is 0 Å². The average molecular weight is 351 g/mol. The van der Waals surface area contributed by atoms with Crippen molar-refractivity contribution in [3.8, 4) is 0 Å². The molecule has 2 aliphatic heterocycles. The minimum absolute atomic E-state index is 0.233. The summed E-state index contributed by atoms with van der Waals surface area (Å²) in [5, 5.41) is 0.454. The van der Waals surface area contributed by atoms with Crippen LogP contribution in [0, 0.1) is 0 Å². The summed E-state index contributed by atoms with van der Waals surface area (Å²) in [5.41, 5.74) is 1.49. The molecular weight excluding hydrogens is 328 g/mol. The Bertz CT molecular complexity index is 471. The first kappa shape index (κ1) is 15.0. The van der Waals surface area contributed by atoms with E-state index in [9.17, 15) is 4.79 Å². The summed E-state index contributed by atoms with van der Waals surface area (Å²) < 4.78 is 0. The van der Waals surface area contributed by atoms with Crippen molar-refractivity contribution in [3.05, 3.63) is 35.9 Å². The number of carbonyl (C=O) groups excluding carboxylic acids is 1. The van der Waals surface area contributed by atoms with E-state index in [0.29, 0.717) is 17.3 Å². The second kappa shape index (κ2) is 6.93. The Morgan fingerprint density at radius 2 is 1.81 bits per heavy atom. The van der Waals surface area contributed by atoms with Crippen LogP contribution in [0.25, 0.3) is 0 Å². The van der Waals surface area contributed by atoms with Gasteiger partial charge in [-0.25, -0.2) is 0 Å². The van der Waals surface area contributed by atoms with Crippen molar-refractivity contribution < 1.29 is 4.79 Å². The Morgan fingerprint density at radius 3 is 2.48 bits per heavy atom. The second-order valence-corrected chi connectivity index (χ2v) is 6.70. The van der Waals surface area contributed by atoms with Crippen LogP contribution in [0.3, 0.4) is 0 Å². The molecule has 0 aromatic heterocycles. The van der Waals surface area contributed by atoms with Gasteiger partial charge >= 0.3 is 0 Å². The number of hydrogen-bond donors (Lipinski definition) is 0. The van der Waals surface area contributed by atoms with Gasteiger partial charge in [0.05, 0.1) is 5.33 Å². The zero-order valence-corrected chi connectivity index (χ0v) is 14.0. The highest BCUT2D eigenvalue weighted by molar-refractivity contribution is 9.09. The highest BCUT2D eigenvalue weighted by Crippen LogP contribution is 2.30. The van der Waals surface area contributed by atoms with Gasteiger partial charge in [0.2, 0.25) is 5.91 Å². The minimum Gasteiger partial charge on any atom is -0.340 e. The number of piperidine rings is 1. The van der Waals surface area contributed by atoms with Crippen LogP contribution in [0.5, 0.6) is 0 Å². The minimum atomic E-state index is 0.233. The average Bonchev–Trinajstić information content (AvgIpc) is 3.05. The summed E-state index contributed by atoms with van der Waals surface area (Å²) in [7, 11) is 0. The van der Waals surface area contributed by atoms with E-state index in [-0.39, 0.29) is 5.91 Å². The quantitative estimate of drug-likeness (QED) is 0.782. The van der Waals surface area contributed by atoms with E-state index in [4.69, 9.17) is 0 Å². The Balaban J connectivity index is 1.51. The number of halogens is 1. The molecule has 1 aromatic rings. The van der Waals surface area contributed by atoms with Crippen molar-refractivity contribution in [3.63, 3.8) is 0 Å². The smallest absolute Gasteiger partial charge is 0.233 e. The fourth-order valence-electron chi connectivity index (χ4n) is 3.67. The number of likely N-dealkylation sites (tertiary alicyclic amines) is 2. The topological polar surface area (TPSA) is 23.6 Å². The third-order valence-electron chi connectivity index (χ3n) is 4.95. The highest BCUT2D eigenvalue weighted by atomic mass is 79.9. The Morgan fingerprint density at radius 1 is 1.10 bits per heavy atom. The zero-order chi connectivity index (χ0) is 14.7. The first-order valence-electron chi connectivity index (χ1n) is 7.90.